The smallest absolute Gasteiger partial charge is 0.146 e. The summed E-state index contributed by atoms with van der Waals surface area (Å²) in [5.41, 5.74) is 0.762. The van der Waals surface area contributed by atoms with E-state index in [1.165, 1.54) is 6.42 Å². The first-order valence-electron chi connectivity index (χ1n) is 6.01. The Morgan fingerprint density at radius 1 is 1.29 bits per heavy atom. The lowest BCUT2D eigenvalue weighted by Gasteiger charge is -2.25. The Hall–Kier alpha value is -1.04. The molecule has 0 spiro atoms. The second kappa shape index (κ2) is 5.53. The van der Waals surface area contributed by atoms with Gasteiger partial charge < -0.3 is 10.0 Å². The van der Waals surface area contributed by atoms with Crippen LogP contribution < -0.4 is 0 Å². The first-order valence-corrected chi connectivity index (χ1v) is 6.01. The van der Waals surface area contributed by atoms with Crippen LogP contribution in [0.4, 0.5) is 0 Å². The van der Waals surface area contributed by atoms with Gasteiger partial charge in [-0.05, 0) is 33.6 Å². The number of aliphatic hydroxyl groups is 1. The van der Waals surface area contributed by atoms with Gasteiger partial charge >= 0.3 is 0 Å². The molecule has 1 atom stereocenters. The summed E-state index contributed by atoms with van der Waals surface area (Å²) in [6, 6.07) is 0.246. The van der Waals surface area contributed by atoms with Crippen LogP contribution in [0, 0.1) is 0 Å². The molecule has 1 aromatic rings. The average Bonchev–Trinajstić information content (AvgIpc) is 2.51. The number of nitrogens with zero attached hydrogens (tertiary/aromatic N) is 4. The van der Waals surface area contributed by atoms with Crippen molar-refractivity contribution in [1.29, 1.82) is 0 Å². The van der Waals surface area contributed by atoms with E-state index in [-0.39, 0.29) is 12.6 Å². The highest BCUT2D eigenvalue weighted by Crippen LogP contribution is 2.19. The molecule has 2 rings (SSSR count). The molecule has 0 aromatic carbocycles. The van der Waals surface area contributed by atoms with Crippen molar-refractivity contribution in [1.82, 2.24) is 19.8 Å². The van der Waals surface area contributed by atoms with E-state index in [9.17, 15) is 0 Å². The quantitative estimate of drug-likeness (QED) is 0.799. The minimum Gasteiger partial charge on any atom is -0.392 e. The Labute approximate surface area is 102 Å². The molecule has 1 aliphatic rings. The minimum atomic E-state index is 0.000683. The van der Waals surface area contributed by atoms with Gasteiger partial charge in [0.05, 0.1) is 12.6 Å². The summed E-state index contributed by atoms with van der Waals surface area (Å²) in [7, 11) is 4.25. The molecule has 1 aromatic heterocycles. The molecule has 94 valence electrons. The average molecular weight is 236 g/mol. The van der Waals surface area contributed by atoms with Gasteiger partial charge in [-0.25, -0.2) is 9.97 Å². The van der Waals surface area contributed by atoms with Crippen molar-refractivity contribution in [3.05, 3.63) is 23.8 Å². The maximum atomic E-state index is 8.98. The summed E-state index contributed by atoms with van der Waals surface area (Å²) in [5.74, 6) is 0.846. The summed E-state index contributed by atoms with van der Waals surface area (Å²) in [6.07, 6.45) is 4.60. The standard InChI is InChI=1S/C12H20N4O/c1-15-4-3-5-16(2)11(8-15)12-13-6-10(9-17)7-14-12/h6-7,11,17H,3-5,8-9H2,1-2H3. The molecular weight excluding hydrogens is 216 g/mol. The summed E-state index contributed by atoms with van der Waals surface area (Å²) in [4.78, 5) is 13.3. The fraction of sp³-hybridized carbons (Fsp3) is 0.667. The molecule has 0 amide bonds. The highest BCUT2D eigenvalue weighted by Gasteiger charge is 2.23. The zero-order valence-corrected chi connectivity index (χ0v) is 10.5. The molecule has 2 heterocycles. The number of aliphatic hydroxyl groups excluding tert-OH is 1. The lowest BCUT2D eigenvalue weighted by atomic mass is 10.2. The number of rotatable bonds is 2. The van der Waals surface area contributed by atoms with E-state index < -0.39 is 0 Å². The van der Waals surface area contributed by atoms with Gasteiger partial charge in [0.25, 0.3) is 0 Å². The summed E-state index contributed by atoms with van der Waals surface area (Å²) >= 11 is 0. The predicted octanol–water partition coefficient (Wildman–Crippen LogP) is 0.277. The van der Waals surface area contributed by atoms with Gasteiger partial charge in [-0.1, -0.05) is 0 Å². The molecule has 1 saturated heterocycles. The number of hydrogen-bond donors (Lipinski definition) is 1. The van der Waals surface area contributed by atoms with Crippen LogP contribution in [-0.2, 0) is 6.61 Å². The Bertz CT molecular complexity index is 354. The molecule has 17 heavy (non-hydrogen) atoms. The van der Waals surface area contributed by atoms with Crippen LogP contribution >= 0.6 is 0 Å². The zero-order valence-electron chi connectivity index (χ0n) is 10.5. The number of hydrogen-bond acceptors (Lipinski definition) is 5. The van der Waals surface area contributed by atoms with Crippen molar-refractivity contribution in [3.8, 4) is 0 Å². The van der Waals surface area contributed by atoms with Gasteiger partial charge in [0.2, 0.25) is 0 Å². The van der Waals surface area contributed by atoms with Gasteiger partial charge in [0.15, 0.2) is 0 Å². The van der Waals surface area contributed by atoms with E-state index in [1.807, 2.05) is 0 Å². The molecule has 0 bridgehead atoms. The van der Waals surface area contributed by atoms with E-state index in [0.29, 0.717) is 0 Å². The zero-order chi connectivity index (χ0) is 12.3. The van der Waals surface area contributed by atoms with Gasteiger partial charge in [0.1, 0.15) is 5.82 Å². The number of aromatic nitrogens is 2. The van der Waals surface area contributed by atoms with Crippen LogP contribution in [0.25, 0.3) is 0 Å². The molecule has 1 fully saturated rings. The number of likely N-dealkylation sites (N-methyl/N-ethyl adjacent to an activating group) is 2. The molecule has 1 unspecified atom stereocenters. The van der Waals surface area contributed by atoms with Crippen molar-refractivity contribution < 1.29 is 5.11 Å². The Morgan fingerprint density at radius 3 is 2.65 bits per heavy atom. The fourth-order valence-electron chi connectivity index (χ4n) is 2.17. The first kappa shape index (κ1) is 12.4. The van der Waals surface area contributed by atoms with E-state index in [4.69, 9.17) is 5.11 Å². The normalized spacial score (nSPS) is 23.6. The van der Waals surface area contributed by atoms with E-state index in [0.717, 1.165) is 31.0 Å². The van der Waals surface area contributed by atoms with Crippen LogP contribution in [0.15, 0.2) is 12.4 Å². The minimum absolute atomic E-state index is 0.000683. The fourth-order valence-corrected chi connectivity index (χ4v) is 2.17. The first-order chi connectivity index (χ1) is 8.20. The summed E-state index contributed by atoms with van der Waals surface area (Å²) in [5, 5.41) is 8.98. The Kier molecular flexibility index (Phi) is 4.04. The third-order valence-corrected chi connectivity index (χ3v) is 3.27. The molecule has 5 nitrogen and oxygen atoms in total. The SMILES string of the molecule is CN1CCCN(C)C(c2ncc(CO)cn2)C1. The highest BCUT2D eigenvalue weighted by atomic mass is 16.3. The van der Waals surface area contributed by atoms with Gasteiger partial charge in [0, 0.05) is 24.5 Å². The van der Waals surface area contributed by atoms with Gasteiger partial charge in [-0.15, -0.1) is 0 Å². The second-order valence-corrected chi connectivity index (χ2v) is 4.72. The van der Waals surface area contributed by atoms with Crippen LogP contribution in [0.5, 0.6) is 0 Å². The molecule has 1 aliphatic heterocycles. The van der Waals surface area contributed by atoms with Gasteiger partial charge in [-0.3, -0.25) is 4.90 Å². The van der Waals surface area contributed by atoms with E-state index >= 15 is 0 Å². The lowest BCUT2D eigenvalue weighted by Crippen LogP contribution is -2.31. The Morgan fingerprint density at radius 2 is 2.00 bits per heavy atom. The lowest BCUT2D eigenvalue weighted by molar-refractivity contribution is 0.219. The third kappa shape index (κ3) is 3.00. The van der Waals surface area contributed by atoms with Crippen LogP contribution in [-0.4, -0.2) is 58.6 Å². The summed E-state index contributed by atoms with van der Waals surface area (Å²) < 4.78 is 0. The van der Waals surface area contributed by atoms with Crippen molar-refractivity contribution in [3.63, 3.8) is 0 Å². The van der Waals surface area contributed by atoms with Crippen LogP contribution in [0.3, 0.4) is 0 Å². The molecular formula is C12H20N4O. The monoisotopic (exact) mass is 236 g/mol. The third-order valence-electron chi connectivity index (χ3n) is 3.27. The van der Waals surface area contributed by atoms with Crippen molar-refractivity contribution >= 4 is 0 Å². The van der Waals surface area contributed by atoms with Gasteiger partial charge in [-0.2, -0.15) is 0 Å². The van der Waals surface area contributed by atoms with Crippen molar-refractivity contribution in [2.75, 3.05) is 33.7 Å². The van der Waals surface area contributed by atoms with Crippen molar-refractivity contribution in [2.24, 2.45) is 0 Å². The molecule has 5 heteroatoms. The van der Waals surface area contributed by atoms with Crippen LogP contribution in [0.2, 0.25) is 0 Å². The topological polar surface area (TPSA) is 52.5 Å². The maximum Gasteiger partial charge on any atom is 0.146 e. The van der Waals surface area contributed by atoms with E-state index in [1.54, 1.807) is 12.4 Å². The summed E-state index contributed by atoms with van der Waals surface area (Å²) in [6.45, 7) is 3.14. The Balaban J connectivity index is 2.17. The highest BCUT2D eigenvalue weighted by molar-refractivity contribution is 5.06. The maximum absolute atomic E-state index is 8.98. The second-order valence-electron chi connectivity index (χ2n) is 4.72. The molecule has 0 radical (unpaired) electrons. The molecule has 0 saturated carbocycles. The molecule has 0 aliphatic carbocycles. The van der Waals surface area contributed by atoms with Crippen molar-refractivity contribution in [2.45, 2.75) is 19.1 Å². The molecule has 1 N–H and O–H groups in total. The van der Waals surface area contributed by atoms with Crippen LogP contribution in [0.1, 0.15) is 23.9 Å². The largest absolute Gasteiger partial charge is 0.392 e. The van der Waals surface area contributed by atoms with E-state index in [2.05, 4.69) is 33.9 Å². The predicted molar refractivity (Wildman–Crippen MR) is 65.4 cm³/mol.